The summed E-state index contributed by atoms with van der Waals surface area (Å²) in [5.74, 6) is 0.273. The molecule has 1 saturated heterocycles. The Morgan fingerprint density at radius 2 is 1.54 bits per heavy atom. The van der Waals surface area contributed by atoms with Gasteiger partial charge in [-0.1, -0.05) is 72.8 Å². The number of aromatic nitrogens is 3. The Labute approximate surface area is 288 Å². The van der Waals surface area contributed by atoms with Crippen molar-refractivity contribution in [2.45, 2.75) is 31.7 Å². The van der Waals surface area contributed by atoms with Gasteiger partial charge in [-0.2, -0.15) is 13.2 Å². The van der Waals surface area contributed by atoms with Gasteiger partial charge in [-0.25, -0.2) is 4.98 Å². The zero-order valence-electron chi connectivity index (χ0n) is 27.3. The van der Waals surface area contributed by atoms with E-state index in [2.05, 4.69) is 19.9 Å². The predicted molar refractivity (Wildman–Crippen MR) is 185 cm³/mol. The minimum absolute atomic E-state index is 0.139. The number of nitrogens with one attached hydrogen (secondary N) is 1. The van der Waals surface area contributed by atoms with Gasteiger partial charge in [-0.3, -0.25) is 19.5 Å². The van der Waals surface area contributed by atoms with Crippen molar-refractivity contribution < 1.29 is 22.8 Å². The summed E-state index contributed by atoms with van der Waals surface area (Å²) in [6.45, 7) is 3.08. The number of imidazole rings is 1. The van der Waals surface area contributed by atoms with Crippen LogP contribution >= 0.6 is 0 Å². The number of carbonyl (C=O) groups is 2. The minimum atomic E-state index is -4.46. The molecule has 1 aliphatic rings. The van der Waals surface area contributed by atoms with Crippen LogP contribution in [0.25, 0.3) is 17.3 Å². The van der Waals surface area contributed by atoms with E-state index >= 15 is 0 Å². The molecule has 0 aliphatic carbocycles. The first-order chi connectivity index (χ1) is 24.2. The van der Waals surface area contributed by atoms with E-state index in [9.17, 15) is 22.8 Å². The van der Waals surface area contributed by atoms with Crippen molar-refractivity contribution in [3.63, 3.8) is 0 Å². The fraction of sp³-hybridized carbons (Fsp3) is 0.231. The number of benzene rings is 3. The minimum Gasteiger partial charge on any atom is -0.348 e. The summed E-state index contributed by atoms with van der Waals surface area (Å²) in [5.41, 5.74) is 3.11. The molecular formula is C39H37F3N6O2. The normalized spacial score (nSPS) is 14.5. The number of hydrogen-bond donors (Lipinski definition) is 1. The molecule has 1 fully saturated rings. The number of aromatic amines is 1. The number of rotatable bonds is 11. The van der Waals surface area contributed by atoms with Crippen LogP contribution in [-0.4, -0.2) is 73.7 Å². The Morgan fingerprint density at radius 1 is 0.820 bits per heavy atom. The number of pyridine rings is 1. The molecule has 2 amide bonds. The van der Waals surface area contributed by atoms with Crippen LogP contribution in [0.4, 0.5) is 13.2 Å². The summed E-state index contributed by atoms with van der Waals surface area (Å²) in [4.78, 5) is 46.1. The molecule has 1 N–H and O–H groups in total. The first-order valence-corrected chi connectivity index (χ1v) is 16.4. The molecular weight excluding hydrogens is 641 g/mol. The molecule has 2 aromatic heterocycles. The van der Waals surface area contributed by atoms with E-state index in [0.717, 1.165) is 40.3 Å². The maximum Gasteiger partial charge on any atom is 0.416 e. The molecule has 0 radical (unpaired) electrons. The van der Waals surface area contributed by atoms with Crippen molar-refractivity contribution in [3.05, 3.63) is 150 Å². The van der Waals surface area contributed by atoms with Gasteiger partial charge >= 0.3 is 6.18 Å². The second kappa shape index (κ2) is 15.8. The van der Waals surface area contributed by atoms with Gasteiger partial charge in [0.05, 0.1) is 17.8 Å². The Kier molecular flexibility index (Phi) is 10.8. The number of carbonyl (C=O) groups excluding carboxylic acids is 2. The lowest BCUT2D eigenvalue weighted by Crippen LogP contribution is -2.56. The number of nitrogens with zero attached hydrogens (tertiary/aromatic N) is 5. The molecule has 3 aromatic carbocycles. The average molecular weight is 679 g/mol. The van der Waals surface area contributed by atoms with Crippen LogP contribution in [0, 0.1) is 0 Å². The molecule has 1 aliphatic heterocycles. The Morgan fingerprint density at radius 3 is 2.18 bits per heavy atom. The van der Waals surface area contributed by atoms with E-state index in [4.69, 9.17) is 0 Å². The summed E-state index contributed by atoms with van der Waals surface area (Å²) in [7, 11) is 0. The van der Waals surface area contributed by atoms with Crippen molar-refractivity contribution in [2.24, 2.45) is 0 Å². The SMILES string of the molecule is O=C([C@H](Cc1ccccc1)N(Cc1ccc(-c2ccccn2)cc1)C(=O)/C=C/c1ccc(C(F)(F)F)cc1)N1CCN(Cc2ncc[nH]2)CC1. The van der Waals surface area contributed by atoms with Crippen LogP contribution < -0.4 is 0 Å². The molecule has 1 atom stereocenters. The Hall–Kier alpha value is -5.55. The van der Waals surface area contributed by atoms with Crippen LogP contribution in [0.3, 0.4) is 0 Å². The van der Waals surface area contributed by atoms with Crippen LogP contribution in [0.5, 0.6) is 0 Å². The van der Waals surface area contributed by atoms with E-state index < -0.39 is 23.7 Å². The first kappa shape index (κ1) is 34.3. The maximum absolute atomic E-state index is 14.5. The van der Waals surface area contributed by atoms with Crippen LogP contribution in [-0.2, 0) is 35.3 Å². The lowest BCUT2D eigenvalue weighted by molar-refractivity contribution is -0.145. The number of hydrogen-bond acceptors (Lipinski definition) is 5. The zero-order valence-corrected chi connectivity index (χ0v) is 27.3. The molecule has 0 unspecified atom stereocenters. The van der Waals surface area contributed by atoms with Crippen molar-refractivity contribution in [3.8, 4) is 11.3 Å². The first-order valence-electron chi connectivity index (χ1n) is 16.4. The van der Waals surface area contributed by atoms with Crippen molar-refractivity contribution in [1.29, 1.82) is 0 Å². The van der Waals surface area contributed by atoms with Gasteiger partial charge in [0.25, 0.3) is 0 Å². The van der Waals surface area contributed by atoms with E-state index in [-0.39, 0.29) is 18.9 Å². The third kappa shape index (κ3) is 8.91. The van der Waals surface area contributed by atoms with Crippen molar-refractivity contribution in [1.82, 2.24) is 29.7 Å². The number of piperazine rings is 1. The largest absolute Gasteiger partial charge is 0.416 e. The molecule has 50 heavy (non-hydrogen) atoms. The molecule has 0 bridgehead atoms. The standard InChI is InChI=1S/C39H37F3N6O2/c40-39(41,42)33-16-11-29(12-17-33)13-18-37(49)48(27-31-9-14-32(15-10-31)34-8-4-5-19-43-34)35(26-30-6-2-1-3-7-30)38(50)47-24-22-46(23-25-47)28-36-44-20-21-45-36/h1-21,35H,22-28H2,(H,44,45)/b18-13+/t35-/m0/s1. The third-order valence-electron chi connectivity index (χ3n) is 8.75. The fourth-order valence-corrected chi connectivity index (χ4v) is 6.00. The monoisotopic (exact) mass is 678 g/mol. The number of amides is 2. The summed E-state index contributed by atoms with van der Waals surface area (Å²) in [6.07, 6.45) is 3.87. The highest BCUT2D eigenvalue weighted by Gasteiger charge is 2.34. The van der Waals surface area contributed by atoms with E-state index in [1.165, 1.54) is 24.3 Å². The van der Waals surface area contributed by atoms with Gasteiger partial charge in [0.2, 0.25) is 11.8 Å². The molecule has 256 valence electrons. The topological polar surface area (TPSA) is 85.4 Å². The smallest absolute Gasteiger partial charge is 0.348 e. The number of halogens is 3. The summed E-state index contributed by atoms with van der Waals surface area (Å²) in [6, 6.07) is 26.7. The highest BCUT2D eigenvalue weighted by Crippen LogP contribution is 2.29. The highest BCUT2D eigenvalue weighted by molar-refractivity contribution is 5.95. The number of alkyl halides is 3. The fourth-order valence-electron chi connectivity index (χ4n) is 6.00. The van der Waals surface area contributed by atoms with Crippen molar-refractivity contribution >= 4 is 17.9 Å². The molecule has 0 saturated carbocycles. The van der Waals surface area contributed by atoms with Gasteiger partial charge in [-0.05, 0) is 47.0 Å². The number of H-pyrrole nitrogens is 1. The van der Waals surface area contributed by atoms with Gasteiger partial charge in [0.15, 0.2) is 0 Å². The van der Waals surface area contributed by atoms with Gasteiger partial charge in [0.1, 0.15) is 11.9 Å². The summed E-state index contributed by atoms with van der Waals surface area (Å²) < 4.78 is 39.4. The zero-order chi connectivity index (χ0) is 34.9. The lowest BCUT2D eigenvalue weighted by atomic mass is 10.0. The second-order valence-corrected chi connectivity index (χ2v) is 12.2. The second-order valence-electron chi connectivity index (χ2n) is 12.2. The quantitative estimate of drug-likeness (QED) is 0.162. The van der Waals surface area contributed by atoms with Gasteiger partial charge < -0.3 is 14.8 Å². The molecule has 11 heteroatoms. The van der Waals surface area contributed by atoms with Gasteiger partial charge in [-0.15, -0.1) is 0 Å². The van der Waals surface area contributed by atoms with E-state index in [1.807, 2.05) is 77.7 Å². The molecule has 5 aromatic rings. The van der Waals surface area contributed by atoms with E-state index in [0.29, 0.717) is 38.3 Å². The summed E-state index contributed by atoms with van der Waals surface area (Å²) in [5, 5.41) is 0. The maximum atomic E-state index is 14.5. The molecule has 8 nitrogen and oxygen atoms in total. The van der Waals surface area contributed by atoms with Crippen molar-refractivity contribution in [2.75, 3.05) is 26.2 Å². The molecule has 0 spiro atoms. The lowest BCUT2D eigenvalue weighted by Gasteiger charge is -2.39. The average Bonchev–Trinajstić information content (AvgIpc) is 3.66. The van der Waals surface area contributed by atoms with E-state index in [1.54, 1.807) is 23.5 Å². The van der Waals surface area contributed by atoms with Crippen LogP contribution in [0.15, 0.2) is 122 Å². The van der Waals surface area contributed by atoms with Crippen LogP contribution in [0.1, 0.15) is 28.1 Å². The third-order valence-corrected chi connectivity index (χ3v) is 8.75. The Bertz CT molecular complexity index is 1860. The molecule has 3 heterocycles. The summed E-state index contributed by atoms with van der Waals surface area (Å²) >= 11 is 0. The Balaban J connectivity index is 1.28. The molecule has 6 rings (SSSR count). The highest BCUT2D eigenvalue weighted by atomic mass is 19.4. The van der Waals surface area contributed by atoms with Crippen LogP contribution in [0.2, 0.25) is 0 Å². The predicted octanol–water partition coefficient (Wildman–Crippen LogP) is 6.49. The van der Waals surface area contributed by atoms with Gasteiger partial charge in [0, 0.05) is 69.4 Å².